The van der Waals surface area contributed by atoms with Gasteiger partial charge in [-0.15, -0.1) is 11.6 Å². The van der Waals surface area contributed by atoms with E-state index >= 15 is 0 Å². The molecule has 1 aliphatic heterocycles. The van der Waals surface area contributed by atoms with E-state index in [-0.39, 0.29) is 6.10 Å². The van der Waals surface area contributed by atoms with E-state index in [1.165, 1.54) is 0 Å². The number of halogens is 1. The summed E-state index contributed by atoms with van der Waals surface area (Å²) in [5.41, 5.74) is 1.81. The maximum absolute atomic E-state index is 5.71. The fourth-order valence-corrected chi connectivity index (χ4v) is 1.68. The quantitative estimate of drug-likeness (QED) is 0.739. The number of hydrogen-bond donors (Lipinski definition) is 0. The molecule has 0 radical (unpaired) electrons. The summed E-state index contributed by atoms with van der Waals surface area (Å²) in [4.78, 5) is 8.33. The first-order valence-corrected chi connectivity index (χ1v) is 5.46. The zero-order valence-electron chi connectivity index (χ0n) is 8.57. The van der Waals surface area contributed by atoms with E-state index in [1.54, 1.807) is 6.20 Å². The number of aryl methyl sites for hydroxylation is 1. The average molecular weight is 229 g/mol. The molecule has 0 aliphatic carbocycles. The lowest BCUT2D eigenvalue weighted by atomic mass is 10.3. The van der Waals surface area contributed by atoms with Crippen LogP contribution in [0.15, 0.2) is 6.20 Å². The fraction of sp³-hybridized carbons (Fsp3) is 0.600. The minimum atomic E-state index is 0.0891. The highest BCUT2D eigenvalue weighted by molar-refractivity contribution is 6.17. The number of alkyl halides is 1. The second-order valence-electron chi connectivity index (χ2n) is 3.50. The predicted octanol–water partition coefficient (Wildman–Crippen LogP) is 1.69. The number of rotatable bonds is 3. The molecule has 0 saturated carbocycles. The third-order valence-corrected chi connectivity index (χ3v) is 2.65. The zero-order valence-corrected chi connectivity index (χ0v) is 9.33. The molecule has 1 unspecified atom stereocenters. The number of hydrogen-bond acceptors (Lipinski definition) is 4. The fourth-order valence-electron chi connectivity index (χ4n) is 1.41. The molecule has 1 fully saturated rings. The molecular weight excluding hydrogens is 216 g/mol. The summed E-state index contributed by atoms with van der Waals surface area (Å²) < 4.78 is 10.8. The first-order chi connectivity index (χ1) is 7.29. The van der Waals surface area contributed by atoms with Crippen LogP contribution in [0.3, 0.4) is 0 Å². The third-order valence-electron chi connectivity index (χ3n) is 2.36. The highest BCUT2D eigenvalue weighted by Gasteiger charge is 2.18. The Labute approximate surface area is 93.6 Å². The van der Waals surface area contributed by atoms with Crippen LogP contribution < -0.4 is 4.74 Å². The van der Waals surface area contributed by atoms with Crippen molar-refractivity contribution in [2.45, 2.75) is 25.3 Å². The molecule has 0 N–H and O–H groups in total. The number of ether oxygens (including phenoxy) is 2. The van der Waals surface area contributed by atoms with Crippen molar-refractivity contribution < 1.29 is 9.47 Å². The van der Waals surface area contributed by atoms with Crippen LogP contribution in [0.25, 0.3) is 0 Å². The lowest BCUT2D eigenvalue weighted by Gasteiger charge is -2.10. The van der Waals surface area contributed by atoms with Crippen molar-refractivity contribution in [1.29, 1.82) is 0 Å². The molecular formula is C10H13ClN2O2. The molecule has 4 nitrogen and oxygen atoms in total. The summed E-state index contributed by atoms with van der Waals surface area (Å²) in [6, 6.07) is 0.414. The van der Waals surface area contributed by atoms with Crippen molar-refractivity contribution in [3.8, 4) is 6.01 Å². The molecule has 1 saturated heterocycles. The summed E-state index contributed by atoms with van der Waals surface area (Å²) in [5, 5.41) is 0. The van der Waals surface area contributed by atoms with Crippen molar-refractivity contribution in [1.82, 2.24) is 9.97 Å². The van der Waals surface area contributed by atoms with Crippen LogP contribution >= 0.6 is 11.6 Å². The Bertz CT molecular complexity index is 340. The monoisotopic (exact) mass is 228 g/mol. The minimum absolute atomic E-state index is 0.0891. The van der Waals surface area contributed by atoms with E-state index in [9.17, 15) is 0 Å². The number of aromatic nitrogens is 2. The minimum Gasteiger partial charge on any atom is -0.458 e. The van der Waals surface area contributed by atoms with Crippen molar-refractivity contribution >= 4 is 11.6 Å². The molecule has 0 aromatic carbocycles. The van der Waals surface area contributed by atoms with Gasteiger partial charge in [0.2, 0.25) is 0 Å². The molecule has 2 heterocycles. The Kier molecular flexibility index (Phi) is 3.38. The van der Waals surface area contributed by atoms with Crippen LogP contribution in [0.4, 0.5) is 0 Å². The molecule has 1 aliphatic rings. The molecule has 0 spiro atoms. The highest BCUT2D eigenvalue weighted by atomic mass is 35.5. The first kappa shape index (κ1) is 10.6. The van der Waals surface area contributed by atoms with Crippen LogP contribution in [-0.2, 0) is 10.6 Å². The van der Waals surface area contributed by atoms with Gasteiger partial charge in [-0.2, -0.15) is 0 Å². The van der Waals surface area contributed by atoms with E-state index in [1.807, 2.05) is 6.92 Å². The van der Waals surface area contributed by atoms with Gasteiger partial charge in [0, 0.05) is 23.9 Å². The Morgan fingerprint density at radius 2 is 2.53 bits per heavy atom. The largest absolute Gasteiger partial charge is 0.458 e. The predicted molar refractivity (Wildman–Crippen MR) is 56.2 cm³/mol. The average Bonchev–Trinajstić information content (AvgIpc) is 2.71. The van der Waals surface area contributed by atoms with Crippen molar-refractivity contribution in [3.05, 3.63) is 17.5 Å². The second-order valence-corrected chi connectivity index (χ2v) is 3.77. The Morgan fingerprint density at radius 3 is 3.13 bits per heavy atom. The molecule has 0 amide bonds. The zero-order chi connectivity index (χ0) is 10.7. The Morgan fingerprint density at radius 1 is 1.67 bits per heavy atom. The standard InChI is InChI=1S/C10H13ClN2O2/c1-7-8(4-11)5-12-10(13-7)15-9-2-3-14-6-9/h5,9H,2-4,6H2,1H3. The van der Waals surface area contributed by atoms with Gasteiger partial charge in [0.25, 0.3) is 0 Å². The van der Waals surface area contributed by atoms with Crippen LogP contribution in [0.1, 0.15) is 17.7 Å². The molecule has 82 valence electrons. The summed E-state index contributed by atoms with van der Waals surface area (Å²) in [7, 11) is 0. The molecule has 1 aromatic rings. The maximum Gasteiger partial charge on any atom is 0.316 e. The SMILES string of the molecule is Cc1nc(OC2CCOC2)ncc1CCl. The summed E-state index contributed by atoms with van der Waals surface area (Å²) in [6.07, 6.45) is 2.70. The van der Waals surface area contributed by atoms with Gasteiger partial charge in [0.05, 0.1) is 19.1 Å². The topological polar surface area (TPSA) is 44.2 Å². The normalized spacial score (nSPS) is 20.5. The molecule has 15 heavy (non-hydrogen) atoms. The Hall–Kier alpha value is -0.870. The van der Waals surface area contributed by atoms with E-state index in [0.29, 0.717) is 18.5 Å². The van der Waals surface area contributed by atoms with E-state index in [0.717, 1.165) is 24.3 Å². The van der Waals surface area contributed by atoms with E-state index < -0.39 is 0 Å². The smallest absolute Gasteiger partial charge is 0.316 e. The van der Waals surface area contributed by atoms with Gasteiger partial charge in [-0.3, -0.25) is 0 Å². The van der Waals surface area contributed by atoms with Gasteiger partial charge in [-0.1, -0.05) is 0 Å². The van der Waals surface area contributed by atoms with Crippen molar-refractivity contribution in [3.63, 3.8) is 0 Å². The van der Waals surface area contributed by atoms with E-state index in [4.69, 9.17) is 21.1 Å². The van der Waals surface area contributed by atoms with Gasteiger partial charge >= 0.3 is 6.01 Å². The molecule has 1 aromatic heterocycles. The van der Waals surface area contributed by atoms with Gasteiger partial charge < -0.3 is 9.47 Å². The molecule has 2 rings (SSSR count). The van der Waals surface area contributed by atoms with Crippen LogP contribution in [-0.4, -0.2) is 29.3 Å². The van der Waals surface area contributed by atoms with Crippen LogP contribution in [0.5, 0.6) is 6.01 Å². The van der Waals surface area contributed by atoms with E-state index in [2.05, 4.69) is 9.97 Å². The van der Waals surface area contributed by atoms with Crippen molar-refractivity contribution in [2.24, 2.45) is 0 Å². The van der Waals surface area contributed by atoms with Gasteiger partial charge in [0.1, 0.15) is 6.10 Å². The maximum atomic E-state index is 5.71. The van der Waals surface area contributed by atoms with Crippen LogP contribution in [0.2, 0.25) is 0 Å². The summed E-state index contributed by atoms with van der Waals surface area (Å²) in [6.45, 7) is 3.28. The first-order valence-electron chi connectivity index (χ1n) is 4.92. The molecule has 5 heteroatoms. The molecule has 1 atom stereocenters. The second kappa shape index (κ2) is 4.77. The van der Waals surface area contributed by atoms with Gasteiger partial charge in [0.15, 0.2) is 0 Å². The number of nitrogens with zero attached hydrogens (tertiary/aromatic N) is 2. The van der Waals surface area contributed by atoms with Crippen molar-refractivity contribution in [2.75, 3.05) is 13.2 Å². The molecule has 0 bridgehead atoms. The third kappa shape index (κ3) is 2.58. The lowest BCUT2D eigenvalue weighted by molar-refractivity contribution is 0.134. The highest BCUT2D eigenvalue weighted by Crippen LogP contribution is 2.15. The summed E-state index contributed by atoms with van der Waals surface area (Å²) in [5.74, 6) is 0.429. The lowest BCUT2D eigenvalue weighted by Crippen LogP contribution is -2.17. The van der Waals surface area contributed by atoms with Gasteiger partial charge in [-0.25, -0.2) is 9.97 Å². The van der Waals surface area contributed by atoms with Crippen LogP contribution in [0, 0.1) is 6.92 Å². The Balaban J connectivity index is 2.05. The van der Waals surface area contributed by atoms with Gasteiger partial charge in [-0.05, 0) is 6.92 Å². The summed E-state index contributed by atoms with van der Waals surface area (Å²) >= 11 is 5.71.